The second-order valence-corrected chi connectivity index (χ2v) is 7.93. The molecule has 32 heavy (non-hydrogen) atoms. The Morgan fingerprint density at radius 1 is 1.19 bits per heavy atom. The molecule has 0 bridgehead atoms. The second-order valence-electron chi connectivity index (χ2n) is 7.57. The van der Waals surface area contributed by atoms with Crippen molar-refractivity contribution in [3.8, 4) is 22.8 Å². The summed E-state index contributed by atoms with van der Waals surface area (Å²) < 4.78 is 63.0. The zero-order chi connectivity index (χ0) is 22.9. The van der Waals surface area contributed by atoms with Crippen LogP contribution in [0.3, 0.4) is 0 Å². The van der Waals surface area contributed by atoms with Gasteiger partial charge in [-0.1, -0.05) is 24.4 Å². The number of ether oxygens (including phenoxy) is 2. The highest BCUT2D eigenvalue weighted by Gasteiger charge is 2.32. The minimum Gasteiger partial charge on any atom is -0.496 e. The van der Waals surface area contributed by atoms with Crippen molar-refractivity contribution in [3.05, 3.63) is 58.5 Å². The molecule has 1 saturated carbocycles. The van der Waals surface area contributed by atoms with Gasteiger partial charge >= 0.3 is 6.18 Å². The van der Waals surface area contributed by atoms with Crippen molar-refractivity contribution in [3.63, 3.8) is 0 Å². The number of methoxy groups -OCH3 is 1. The number of nitrogens with zero attached hydrogens (tertiary/aromatic N) is 2. The van der Waals surface area contributed by atoms with Crippen LogP contribution < -0.4 is 9.47 Å². The number of rotatable bonds is 6. The molecule has 2 heterocycles. The summed E-state index contributed by atoms with van der Waals surface area (Å²) in [6.45, 7) is -0.344. The van der Waals surface area contributed by atoms with Crippen molar-refractivity contribution in [1.29, 1.82) is 0 Å². The van der Waals surface area contributed by atoms with Gasteiger partial charge in [0, 0.05) is 23.7 Å². The fraction of sp³-hybridized carbons (Fsp3) is 0.364. The molecular weight excluding hydrogens is 450 g/mol. The van der Waals surface area contributed by atoms with Gasteiger partial charge < -0.3 is 14.5 Å². The first-order valence-electron chi connectivity index (χ1n) is 10.0. The van der Waals surface area contributed by atoms with Gasteiger partial charge in [-0.25, -0.2) is 9.37 Å². The van der Waals surface area contributed by atoms with E-state index in [-0.39, 0.29) is 12.3 Å². The van der Waals surface area contributed by atoms with E-state index >= 15 is 0 Å². The van der Waals surface area contributed by atoms with E-state index in [1.807, 2.05) is 0 Å². The van der Waals surface area contributed by atoms with E-state index in [2.05, 4.69) is 15.0 Å². The first-order chi connectivity index (χ1) is 15.3. The number of halogens is 5. The molecule has 3 aromatic rings. The number of aromatic amines is 1. The van der Waals surface area contributed by atoms with Crippen LogP contribution in [0.4, 0.5) is 17.6 Å². The largest absolute Gasteiger partial charge is 0.496 e. The van der Waals surface area contributed by atoms with E-state index < -0.39 is 17.6 Å². The van der Waals surface area contributed by atoms with Gasteiger partial charge in [-0.3, -0.25) is 4.98 Å². The number of hydrogen-bond donors (Lipinski definition) is 1. The maximum absolute atomic E-state index is 14.0. The number of aromatic nitrogens is 3. The van der Waals surface area contributed by atoms with Crippen LogP contribution in [0.2, 0.25) is 5.15 Å². The zero-order valence-electron chi connectivity index (χ0n) is 17.1. The van der Waals surface area contributed by atoms with Crippen molar-refractivity contribution in [2.75, 3.05) is 7.11 Å². The summed E-state index contributed by atoms with van der Waals surface area (Å²) in [6.07, 6.45) is 0.392. The summed E-state index contributed by atoms with van der Waals surface area (Å²) in [6, 6.07) is 5.34. The minimum atomic E-state index is -4.66. The van der Waals surface area contributed by atoms with Crippen LogP contribution in [0.15, 0.2) is 30.5 Å². The second kappa shape index (κ2) is 8.97. The number of benzene rings is 1. The molecule has 1 N–H and O–H groups in total. The quantitative estimate of drug-likeness (QED) is 0.417. The van der Waals surface area contributed by atoms with Gasteiger partial charge in [0.1, 0.15) is 35.4 Å². The average Bonchev–Trinajstić information content (AvgIpc) is 3.42. The van der Waals surface area contributed by atoms with Gasteiger partial charge in [-0.2, -0.15) is 13.2 Å². The molecule has 0 saturated heterocycles. The SMILES string of the molecule is COc1cc(OCc2ncc(C(F)(F)F)cc2F)ccc1-c1[nH]c(C2CCCC2)nc1Cl. The third-order valence-corrected chi connectivity index (χ3v) is 5.76. The highest BCUT2D eigenvalue weighted by atomic mass is 35.5. The monoisotopic (exact) mass is 469 g/mol. The predicted octanol–water partition coefficient (Wildman–Crippen LogP) is 6.53. The van der Waals surface area contributed by atoms with Gasteiger partial charge in [0.05, 0.1) is 18.4 Å². The Labute approximate surface area is 186 Å². The summed E-state index contributed by atoms with van der Waals surface area (Å²) in [7, 11) is 1.49. The lowest BCUT2D eigenvalue weighted by Gasteiger charge is -2.12. The van der Waals surface area contributed by atoms with Crippen molar-refractivity contribution in [2.45, 2.75) is 44.4 Å². The zero-order valence-corrected chi connectivity index (χ0v) is 17.9. The molecule has 0 radical (unpaired) electrons. The van der Waals surface area contributed by atoms with Crippen molar-refractivity contribution >= 4 is 11.6 Å². The smallest absolute Gasteiger partial charge is 0.417 e. The summed E-state index contributed by atoms with van der Waals surface area (Å²) in [4.78, 5) is 11.3. The molecule has 10 heteroatoms. The molecule has 1 aromatic carbocycles. The third-order valence-electron chi connectivity index (χ3n) is 5.48. The molecule has 1 aliphatic carbocycles. The first-order valence-corrected chi connectivity index (χ1v) is 10.4. The number of alkyl halides is 3. The van der Waals surface area contributed by atoms with E-state index in [9.17, 15) is 17.6 Å². The molecule has 0 amide bonds. The molecule has 4 rings (SSSR count). The van der Waals surface area contributed by atoms with Crippen molar-refractivity contribution < 1.29 is 27.0 Å². The number of H-pyrrole nitrogens is 1. The Morgan fingerprint density at radius 3 is 2.59 bits per heavy atom. The molecule has 0 unspecified atom stereocenters. The fourth-order valence-electron chi connectivity index (χ4n) is 3.79. The molecule has 5 nitrogen and oxygen atoms in total. The van der Waals surface area contributed by atoms with E-state index in [4.69, 9.17) is 21.1 Å². The molecular formula is C22H20ClF4N3O2. The van der Waals surface area contributed by atoms with Gasteiger partial charge in [-0.05, 0) is 31.0 Å². The fourth-order valence-corrected chi connectivity index (χ4v) is 4.03. The maximum atomic E-state index is 14.0. The molecule has 0 atom stereocenters. The summed E-state index contributed by atoms with van der Waals surface area (Å²) in [5, 5.41) is 0.342. The van der Waals surface area contributed by atoms with Gasteiger partial charge in [0.25, 0.3) is 0 Å². The topological polar surface area (TPSA) is 60.0 Å². The Morgan fingerprint density at radius 2 is 1.94 bits per heavy atom. The van der Waals surface area contributed by atoms with Crippen LogP contribution in [0.25, 0.3) is 11.3 Å². The van der Waals surface area contributed by atoms with Crippen LogP contribution in [-0.4, -0.2) is 22.1 Å². The summed E-state index contributed by atoms with van der Waals surface area (Å²) in [5.74, 6) is 0.909. The number of imidazole rings is 1. The van der Waals surface area contributed by atoms with Gasteiger partial charge in [0.15, 0.2) is 5.15 Å². The number of nitrogens with one attached hydrogen (secondary N) is 1. The third kappa shape index (κ3) is 4.67. The van der Waals surface area contributed by atoms with Crippen LogP contribution in [-0.2, 0) is 12.8 Å². The highest BCUT2D eigenvalue weighted by Crippen LogP contribution is 2.39. The van der Waals surface area contributed by atoms with E-state index in [0.717, 1.165) is 18.7 Å². The standard InChI is InChI=1S/C22H20ClF4N3O2/c1-31-18-9-14(32-11-17-16(24)8-13(10-28-17)22(25,26)27)6-7-15(18)19-20(23)30-21(29-19)12-4-2-3-5-12/h6-10,12H,2-5,11H2,1H3,(H,29,30). The minimum absolute atomic E-state index is 0.237. The normalized spacial score (nSPS) is 14.7. The molecule has 0 spiro atoms. The van der Waals surface area contributed by atoms with Gasteiger partial charge in [-0.15, -0.1) is 0 Å². The predicted molar refractivity (Wildman–Crippen MR) is 110 cm³/mol. The van der Waals surface area contributed by atoms with Crippen LogP contribution >= 0.6 is 11.6 Å². The Kier molecular flexibility index (Phi) is 6.28. The van der Waals surface area contributed by atoms with Crippen LogP contribution in [0, 0.1) is 5.82 Å². The van der Waals surface area contributed by atoms with Crippen molar-refractivity contribution in [2.24, 2.45) is 0 Å². The van der Waals surface area contributed by atoms with Crippen LogP contribution in [0.5, 0.6) is 11.5 Å². The lowest BCUT2D eigenvalue weighted by molar-refractivity contribution is -0.138. The Bertz CT molecular complexity index is 1110. The lowest BCUT2D eigenvalue weighted by atomic mass is 10.1. The lowest BCUT2D eigenvalue weighted by Crippen LogP contribution is -2.09. The molecule has 170 valence electrons. The molecule has 1 fully saturated rings. The number of hydrogen-bond acceptors (Lipinski definition) is 4. The Balaban J connectivity index is 1.52. The van der Waals surface area contributed by atoms with E-state index in [0.29, 0.717) is 46.1 Å². The highest BCUT2D eigenvalue weighted by molar-refractivity contribution is 6.32. The summed E-state index contributed by atoms with van der Waals surface area (Å²) in [5.41, 5.74) is -0.0788. The molecule has 1 aliphatic rings. The molecule has 0 aliphatic heterocycles. The van der Waals surface area contributed by atoms with Crippen molar-refractivity contribution in [1.82, 2.24) is 15.0 Å². The van der Waals surface area contributed by atoms with E-state index in [1.165, 1.54) is 20.0 Å². The van der Waals surface area contributed by atoms with Gasteiger partial charge in [0.2, 0.25) is 0 Å². The van der Waals surface area contributed by atoms with E-state index in [1.54, 1.807) is 18.2 Å². The van der Waals surface area contributed by atoms with Crippen LogP contribution in [0.1, 0.15) is 48.7 Å². The summed E-state index contributed by atoms with van der Waals surface area (Å²) >= 11 is 6.37. The molecule has 2 aromatic heterocycles. The average molecular weight is 470 g/mol. The maximum Gasteiger partial charge on any atom is 0.417 e. The Hall–Kier alpha value is -2.81. The number of pyridine rings is 1. The first kappa shape index (κ1) is 22.4.